The van der Waals surface area contributed by atoms with Crippen LogP contribution in [-0.2, 0) is 4.79 Å². The van der Waals surface area contributed by atoms with Gasteiger partial charge in [-0.15, -0.1) is 0 Å². The summed E-state index contributed by atoms with van der Waals surface area (Å²) in [4.78, 5) is 14.0. The summed E-state index contributed by atoms with van der Waals surface area (Å²) in [6, 6.07) is 0.598. The van der Waals surface area contributed by atoms with Gasteiger partial charge in [-0.3, -0.25) is 9.69 Å². The van der Waals surface area contributed by atoms with E-state index in [4.69, 9.17) is 0 Å². The maximum Gasteiger partial charge on any atom is 0.141 e. The first-order valence-corrected chi connectivity index (χ1v) is 5.34. The molecule has 1 heterocycles. The average molecular weight is 183 g/mol. The normalized spacial score (nSPS) is 21.6. The summed E-state index contributed by atoms with van der Waals surface area (Å²) < 4.78 is 0. The van der Waals surface area contributed by atoms with Crippen molar-refractivity contribution in [2.45, 2.75) is 40.2 Å². The highest BCUT2D eigenvalue weighted by atomic mass is 16.1. The third-order valence-electron chi connectivity index (χ3n) is 3.14. The number of carbonyl (C=O) groups excluding carboxylic acids is 1. The molecule has 0 aromatic rings. The Morgan fingerprint density at radius 2 is 1.92 bits per heavy atom. The number of rotatable bonds is 4. The predicted octanol–water partition coefficient (Wildman–Crippen LogP) is 1.94. The lowest BCUT2D eigenvalue weighted by Crippen LogP contribution is -2.54. The Balaban J connectivity index is 2.31. The zero-order chi connectivity index (χ0) is 10.0. The highest BCUT2D eigenvalue weighted by Gasteiger charge is 2.35. The Labute approximate surface area is 81.3 Å². The lowest BCUT2D eigenvalue weighted by atomic mass is 9.86. The second-order valence-corrected chi connectivity index (χ2v) is 4.46. The summed E-state index contributed by atoms with van der Waals surface area (Å²) in [6.45, 7) is 10.5. The van der Waals surface area contributed by atoms with E-state index in [0.29, 0.717) is 17.7 Å². The Morgan fingerprint density at radius 3 is 2.31 bits per heavy atom. The number of carbonyl (C=O) groups is 1. The number of hydrogen-bond donors (Lipinski definition) is 0. The van der Waals surface area contributed by atoms with Crippen LogP contribution in [0.1, 0.15) is 34.1 Å². The first-order chi connectivity index (χ1) is 6.06. The van der Waals surface area contributed by atoms with Crippen molar-refractivity contribution in [1.82, 2.24) is 4.90 Å². The van der Waals surface area contributed by atoms with E-state index in [1.807, 2.05) is 6.92 Å². The Bertz CT molecular complexity index is 183. The molecule has 0 aliphatic carbocycles. The second-order valence-electron chi connectivity index (χ2n) is 4.46. The van der Waals surface area contributed by atoms with Gasteiger partial charge < -0.3 is 0 Å². The molecule has 0 aromatic heterocycles. The molecule has 2 heteroatoms. The van der Waals surface area contributed by atoms with E-state index in [-0.39, 0.29) is 5.92 Å². The van der Waals surface area contributed by atoms with Crippen LogP contribution in [-0.4, -0.2) is 29.8 Å². The van der Waals surface area contributed by atoms with Gasteiger partial charge in [-0.2, -0.15) is 0 Å². The van der Waals surface area contributed by atoms with Gasteiger partial charge in [0.1, 0.15) is 5.78 Å². The highest BCUT2D eigenvalue weighted by molar-refractivity contribution is 5.84. The largest absolute Gasteiger partial charge is 0.299 e. The maximum absolute atomic E-state index is 11.7. The third-order valence-corrected chi connectivity index (χ3v) is 3.14. The number of hydrogen-bond acceptors (Lipinski definition) is 2. The maximum atomic E-state index is 11.7. The van der Waals surface area contributed by atoms with Crippen molar-refractivity contribution >= 4 is 5.78 Å². The lowest BCUT2D eigenvalue weighted by Gasteiger charge is -2.42. The minimum Gasteiger partial charge on any atom is -0.299 e. The molecule has 1 fully saturated rings. The van der Waals surface area contributed by atoms with Crippen LogP contribution in [0.25, 0.3) is 0 Å². The van der Waals surface area contributed by atoms with Crippen molar-refractivity contribution in [2.24, 2.45) is 11.8 Å². The molecule has 0 radical (unpaired) electrons. The number of likely N-dealkylation sites (tertiary alicyclic amines) is 1. The van der Waals surface area contributed by atoms with Crippen LogP contribution in [0.3, 0.4) is 0 Å². The molecule has 1 aliphatic heterocycles. The fourth-order valence-electron chi connectivity index (χ4n) is 1.72. The van der Waals surface area contributed by atoms with Crippen molar-refractivity contribution < 1.29 is 4.79 Å². The SMILES string of the molecule is CCC(C)C(=O)C1CN(C(C)C)C1. The van der Waals surface area contributed by atoms with E-state index < -0.39 is 0 Å². The van der Waals surface area contributed by atoms with Gasteiger partial charge in [0.05, 0.1) is 0 Å². The quantitative estimate of drug-likeness (QED) is 0.664. The Kier molecular flexibility index (Phi) is 3.48. The van der Waals surface area contributed by atoms with Crippen LogP contribution in [0.2, 0.25) is 0 Å². The summed E-state index contributed by atoms with van der Waals surface area (Å²) >= 11 is 0. The zero-order valence-corrected chi connectivity index (χ0v) is 9.21. The summed E-state index contributed by atoms with van der Waals surface area (Å²) in [5.41, 5.74) is 0. The van der Waals surface area contributed by atoms with Crippen molar-refractivity contribution in [2.75, 3.05) is 13.1 Å². The molecule has 2 nitrogen and oxygen atoms in total. The molecule has 0 N–H and O–H groups in total. The molecule has 0 spiro atoms. The molecule has 13 heavy (non-hydrogen) atoms. The van der Waals surface area contributed by atoms with Crippen molar-refractivity contribution in [1.29, 1.82) is 0 Å². The van der Waals surface area contributed by atoms with Crippen LogP contribution in [0.15, 0.2) is 0 Å². The summed E-state index contributed by atoms with van der Waals surface area (Å²) in [6.07, 6.45) is 0.983. The molecular formula is C11H21NO. The number of nitrogens with zero attached hydrogens (tertiary/aromatic N) is 1. The molecule has 0 saturated carbocycles. The zero-order valence-electron chi connectivity index (χ0n) is 9.21. The van der Waals surface area contributed by atoms with Gasteiger partial charge >= 0.3 is 0 Å². The summed E-state index contributed by atoms with van der Waals surface area (Å²) in [7, 11) is 0. The van der Waals surface area contributed by atoms with E-state index in [2.05, 4.69) is 25.7 Å². The minimum absolute atomic E-state index is 0.263. The molecule has 1 rings (SSSR count). The van der Waals surface area contributed by atoms with Gasteiger partial charge in [0.2, 0.25) is 0 Å². The summed E-state index contributed by atoms with van der Waals surface area (Å²) in [5.74, 6) is 1.07. The van der Waals surface area contributed by atoms with Crippen LogP contribution in [0, 0.1) is 11.8 Å². The van der Waals surface area contributed by atoms with Gasteiger partial charge in [-0.25, -0.2) is 0 Å². The van der Waals surface area contributed by atoms with Crippen LogP contribution >= 0.6 is 0 Å². The van der Waals surface area contributed by atoms with E-state index in [1.165, 1.54) is 0 Å². The molecular weight excluding hydrogens is 162 g/mol. The van der Waals surface area contributed by atoms with Gasteiger partial charge in [0.15, 0.2) is 0 Å². The predicted molar refractivity (Wildman–Crippen MR) is 54.7 cm³/mol. The van der Waals surface area contributed by atoms with Gasteiger partial charge in [0.25, 0.3) is 0 Å². The fraction of sp³-hybridized carbons (Fsp3) is 0.909. The van der Waals surface area contributed by atoms with E-state index in [1.54, 1.807) is 0 Å². The van der Waals surface area contributed by atoms with Gasteiger partial charge in [-0.1, -0.05) is 13.8 Å². The fourth-order valence-corrected chi connectivity index (χ4v) is 1.72. The number of ketones is 1. The monoisotopic (exact) mass is 183 g/mol. The van der Waals surface area contributed by atoms with Crippen LogP contribution in [0.5, 0.6) is 0 Å². The van der Waals surface area contributed by atoms with Gasteiger partial charge in [0, 0.05) is 31.0 Å². The van der Waals surface area contributed by atoms with Crippen molar-refractivity contribution in [3.8, 4) is 0 Å². The third kappa shape index (κ3) is 2.31. The van der Waals surface area contributed by atoms with Crippen LogP contribution < -0.4 is 0 Å². The molecule has 0 aromatic carbocycles. The second kappa shape index (κ2) is 4.23. The Hall–Kier alpha value is -0.370. The van der Waals surface area contributed by atoms with E-state index >= 15 is 0 Å². The molecule has 1 unspecified atom stereocenters. The first kappa shape index (κ1) is 10.7. The lowest BCUT2D eigenvalue weighted by molar-refractivity contribution is -0.132. The molecule has 1 atom stereocenters. The van der Waals surface area contributed by atoms with Crippen LogP contribution in [0.4, 0.5) is 0 Å². The van der Waals surface area contributed by atoms with E-state index in [0.717, 1.165) is 19.5 Å². The van der Waals surface area contributed by atoms with Crippen molar-refractivity contribution in [3.63, 3.8) is 0 Å². The molecule has 1 saturated heterocycles. The summed E-state index contributed by atoms with van der Waals surface area (Å²) in [5, 5.41) is 0. The molecule has 1 aliphatic rings. The average Bonchev–Trinajstić information content (AvgIpc) is 1.99. The number of Topliss-reactive ketones (excluding diaryl/α,β-unsaturated/α-hetero) is 1. The van der Waals surface area contributed by atoms with Crippen molar-refractivity contribution in [3.05, 3.63) is 0 Å². The molecule has 0 amide bonds. The first-order valence-electron chi connectivity index (χ1n) is 5.34. The highest BCUT2D eigenvalue weighted by Crippen LogP contribution is 2.22. The standard InChI is InChI=1S/C11H21NO/c1-5-9(4)11(13)10-6-12(7-10)8(2)3/h8-10H,5-7H2,1-4H3. The molecule has 0 bridgehead atoms. The smallest absolute Gasteiger partial charge is 0.141 e. The molecule has 76 valence electrons. The van der Waals surface area contributed by atoms with E-state index in [9.17, 15) is 4.79 Å². The minimum atomic E-state index is 0.263. The topological polar surface area (TPSA) is 20.3 Å². The van der Waals surface area contributed by atoms with Gasteiger partial charge in [-0.05, 0) is 20.3 Å². The Morgan fingerprint density at radius 1 is 1.38 bits per heavy atom.